The highest BCUT2D eigenvalue weighted by Gasteiger charge is 2.60. The maximum Gasteiger partial charge on any atom is 0.324 e. The molecule has 2 atom stereocenters. The Kier molecular flexibility index (Phi) is 9.70. The second kappa shape index (κ2) is 11.5. The summed E-state index contributed by atoms with van der Waals surface area (Å²) < 4.78 is 19.9. The molecule has 0 unspecified atom stereocenters. The Morgan fingerprint density at radius 2 is 1.25 bits per heavy atom. The van der Waals surface area contributed by atoms with Crippen LogP contribution in [-0.2, 0) is 38.1 Å². The van der Waals surface area contributed by atoms with E-state index < -0.39 is 46.5 Å². The van der Waals surface area contributed by atoms with E-state index >= 15 is 0 Å². The van der Waals surface area contributed by atoms with E-state index in [1.165, 1.54) is 28.4 Å². The summed E-state index contributed by atoms with van der Waals surface area (Å²) in [6.45, 7) is 5.27. The molecule has 0 amide bonds. The zero-order chi connectivity index (χ0) is 24.5. The van der Waals surface area contributed by atoms with Crippen LogP contribution in [0.15, 0.2) is 23.8 Å². The van der Waals surface area contributed by atoms with Crippen LogP contribution in [0.3, 0.4) is 0 Å². The van der Waals surface area contributed by atoms with Gasteiger partial charge in [-0.2, -0.15) is 0 Å². The second-order valence-corrected chi connectivity index (χ2v) is 7.83. The van der Waals surface area contributed by atoms with Crippen molar-refractivity contribution in [2.45, 2.75) is 40.0 Å². The van der Waals surface area contributed by atoms with Gasteiger partial charge in [0.25, 0.3) is 0 Å². The summed E-state index contributed by atoms with van der Waals surface area (Å²) in [5, 5.41) is 0. The number of ether oxygens (including phenoxy) is 4. The molecule has 0 radical (unpaired) electrons. The number of hydrogen-bond donors (Lipinski definition) is 0. The maximum atomic E-state index is 13.0. The Balaban J connectivity index is 3.61. The molecule has 0 fully saturated rings. The van der Waals surface area contributed by atoms with Crippen LogP contribution >= 0.6 is 0 Å². The van der Waals surface area contributed by atoms with Crippen LogP contribution in [0.2, 0.25) is 0 Å². The Morgan fingerprint density at radius 1 is 0.844 bits per heavy atom. The van der Waals surface area contributed by atoms with Crippen molar-refractivity contribution >= 4 is 23.9 Å². The fraction of sp³-hybridized carbons (Fsp3) is 0.583. The predicted octanol–water partition coefficient (Wildman–Crippen LogP) is 2.61. The highest BCUT2D eigenvalue weighted by molar-refractivity contribution is 6.02. The lowest BCUT2D eigenvalue weighted by Gasteiger charge is -2.35. The molecule has 0 aromatic heterocycles. The van der Waals surface area contributed by atoms with E-state index in [0.29, 0.717) is 0 Å². The molecule has 0 heterocycles. The summed E-state index contributed by atoms with van der Waals surface area (Å²) in [4.78, 5) is 51.6. The van der Waals surface area contributed by atoms with Crippen molar-refractivity contribution in [2.24, 2.45) is 22.7 Å². The Bertz CT molecular complexity index is 819. The lowest BCUT2D eigenvalue weighted by Crippen LogP contribution is -2.49. The lowest BCUT2D eigenvalue weighted by molar-refractivity contribution is -0.173. The molecule has 1 rings (SSSR count). The smallest absolute Gasteiger partial charge is 0.324 e. The van der Waals surface area contributed by atoms with Crippen LogP contribution < -0.4 is 0 Å². The van der Waals surface area contributed by atoms with Gasteiger partial charge in [-0.25, -0.2) is 0 Å². The molecule has 1 aliphatic rings. The van der Waals surface area contributed by atoms with E-state index in [2.05, 4.69) is 11.8 Å². The van der Waals surface area contributed by atoms with Gasteiger partial charge >= 0.3 is 23.9 Å². The zero-order valence-corrected chi connectivity index (χ0v) is 19.8. The van der Waals surface area contributed by atoms with E-state index in [0.717, 1.165) is 5.57 Å². The van der Waals surface area contributed by atoms with Gasteiger partial charge in [0.1, 0.15) is 0 Å². The van der Waals surface area contributed by atoms with Crippen LogP contribution in [0.4, 0.5) is 0 Å². The molecule has 0 saturated heterocycles. The Hall–Kier alpha value is -3.08. The van der Waals surface area contributed by atoms with Crippen molar-refractivity contribution in [3.63, 3.8) is 0 Å². The van der Waals surface area contributed by atoms with Crippen LogP contribution in [0.5, 0.6) is 0 Å². The number of carbonyl (C=O) groups is 4. The monoisotopic (exact) mass is 448 g/mol. The number of carbonyl (C=O) groups excluding carboxylic acids is 4. The summed E-state index contributed by atoms with van der Waals surface area (Å²) in [5.74, 6) is 0.927. The average molecular weight is 449 g/mol. The first-order valence-corrected chi connectivity index (χ1v) is 10.2. The van der Waals surface area contributed by atoms with E-state index in [1.807, 2.05) is 13.8 Å². The first-order chi connectivity index (χ1) is 15.1. The number of rotatable bonds is 9. The standard InChI is InChI=1S/C24H32O8/c1-8-9-13-23(19(25)29-4,20(26)30-5)17-10-11-18(15-17)24(21(27)31-6,22(28)32-7)14-12-16(2)3/h10-12,17-18H,13-15H2,1-7H3/t17-,18+/m0/s1. The first-order valence-electron chi connectivity index (χ1n) is 10.2. The van der Waals surface area contributed by atoms with Crippen LogP contribution in [0, 0.1) is 34.5 Å². The molecule has 0 N–H and O–H groups in total. The third-order valence-electron chi connectivity index (χ3n) is 5.92. The molecule has 0 aromatic carbocycles. The number of allylic oxidation sites excluding steroid dienone is 4. The Morgan fingerprint density at radius 3 is 1.62 bits per heavy atom. The second-order valence-electron chi connectivity index (χ2n) is 7.83. The minimum Gasteiger partial charge on any atom is -0.468 e. The molecule has 0 aromatic rings. The van der Waals surface area contributed by atoms with Gasteiger partial charge in [-0.1, -0.05) is 23.8 Å². The predicted molar refractivity (Wildman–Crippen MR) is 116 cm³/mol. The molecule has 32 heavy (non-hydrogen) atoms. The fourth-order valence-corrected chi connectivity index (χ4v) is 4.12. The summed E-state index contributed by atoms with van der Waals surface area (Å²) in [6, 6.07) is 0. The molecule has 0 spiro atoms. The van der Waals surface area contributed by atoms with Crippen LogP contribution in [0.1, 0.15) is 40.0 Å². The van der Waals surface area contributed by atoms with Crippen molar-refractivity contribution in [1.29, 1.82) is 0 Å². The first kappa shape index (κ1) is 27.0. The number of hydrogen-bond acceptors (Lipinski definition) is 8. The maximum absolute atomic E-state index is 13.0. The van der Waals surface area contributed by atoms with Crippen molar-refractivity contribution < 1.29 is 38.1 Å². The Labute approximate surface area is 189 Å². The van der Waals surface area contributed by atoms with Crippen LogP contribution in [0.25, 0.3) is 0 Å². The number of esters is 4. The molecular weight excluding hydrogens is 416 g/mol. The van der Waals surface area contributed by atoms with E-state index in [-0.39, 0.29) is 19.3 Å². The largest absolute Gasteiger partial charge is 0.468 e. The summed E-state index contributed by atoms with van der Waals surface area (Å²) in [7, 11) is 4.75. The van der Waals surface area contributed by atoms with Gasteiger partial charge < -0.3 is 18.9 Å². The third-order valence-corrected chi connectivity index (χ3v) is 5.92. The van der Waals surface area contributed by atoms with Gasteiger partial charge in [-0.15, -0.1) is 11.8 Å². The third kappa shape index (κ3) is 4.87. The minimum absolute atomic E-state index is 0.0363. The van der Waals surface area contributed by atoms with Crippen molar-refractivity contribution in [2.75, 3.05) is 28.4 Å². The highest BCUT2D eigenvalue weighted by Crippen LogP contribution is 2.49. The minimum atomic E-state index is -1.74. The molecule has 176 valence electrons. The van der Waals surface area contributed by atoms with E-state index in [4.69, 9.17) is 18.9 Å². The van der Waals surface area contributed by atoms with Gasteiger partial charge in [0.05, 0.1) is 28.4 Å². The molecule has 0 bridgehead atoms. The molecule has 8 heteroatoms. The quantitative estimate of drug-likeness (QED) is 0.174. The van der Waals surface area contributed by atoms with Gasteiger partial charge in [0, 0.05) is 18.3 Å². The van der Waals surface area contributed by atoms with Crippen molar-refractivity contribution in [3.8, 4) is 11.8 Å². The molecule has 1 aliphatic carbocycles. The zero-order valence-electron chi connectivity index (χ0n) is 19.8. The van der Waals surface area contributed by atoms with Gasteiger partial charge in [0.15, 0.2) is 10.8 Å². The summed E-state index contributed by atoms with van der Waals surface area (Å²) in [6.07, 6.45) is 5.05. The fourth-order valence-electron chi connectivity index (χ4n) is 4.12. The highest BCUT2D eigenvalue weighted by atomic mass is 16.6. The van der Waals surface area contributed by atoms with Gasteiger partial charge in [-0.05, 0) is 33.6 Å². The SMILES string of the molecule is CC#CCC(C(=O)OC)(C(=O)OC)[C@H]1C=C[C@@H](C(CC=C(C)C)(C(=O)OC)C(=O)OC)C1. The van der Waals surface area contributed by atoms with Crippen molar-refractivity contribution in [1.82, 2.24) is 0 Å². The molecule has 0 aliphatic heterocycles. The van der Waals surface area contributed by atoms with Crippen molar-refractivity contribution in [3.05, 3.63) is 23.8 Å². The van der Waals surface area contributed by atoms with E-state index in [9.17, 15) is 19.2 Å². The normalized spacial score (nSPS) is 17.5. The topological polar surface area (TPSA) is 105 Å². The van der Waals surface area contributed by atoms with Crippen LogP contribution in [-0.4, -0.2) is 52.3 Å². The number of methoxy groups -OCH3 is 4. The van der Waals surface area contributed by atoms with E-state index in [1.54, 1.807) is 25.2 Å². The summed E-state index contributed by atoms with van der Waals surface area (Å²) in [5.41, 5.74) is -2.52. The summed E-state index contributed by atoms with van der Waals surface area (Å²) >= 11 is 0. The molecule has 0 saturated carbocycles. The molecular formula is C24H32O8. The lowest BCUT2D eigenvalue weighted by atomic mass is 9.67. The van der Waals surface area contributed by atoms with Gasteiger partial charge in [0.2, 0.25) is 0 Å². The van der Waals surface area contributed by atoms with Gasteiger partial charge in [-0.3, -0.25) is 19.2 Å². The average Bonchev–Trinajstić information content (AvgIpc) is 3.29. The molecule has 8 nitrogen and oxygen atoms in total.